The van der Waals surface area contributed by atoms with Gasteiger partial charge >= 0.3 is 0 Å². The Bertz CT molecular complexity index is 887. The molecule has 0 aliphatic carbocycles. The molecule has 28 heavy (non-hydrogen) atoms. The summed E-state index contributed by atoms with van der Waals surface area (Å²) in [5.74, 6) is 1.65. The summed E-state index contributed by atoms with van der Waals surface area (Å²) in [6, 6.07) is 23.4. The van der Waals surface area contributed by atoms with Gasteiger partial charge in [-0.25, -0.2) is 0 Å². The zero-order valence-corrected chi connectivity index (χ0v) is 16.5. The number of nitrogens with zero attached hydrogens (tertiary/aromatic N) is 1. The highest BCUT2D eigenvalue weighted by molar-refractivity contribution is 5.80. The van der Waals surface area contributed by atoms with Crippen LogP contribution in [0.1, 0.15) is 30.6 Å². The van der Waals surface area contributed by atoms with Crippen molar-refractivity contribution >= 4 is 23.3 Å². The van der Waals surface area contributed by atoms with E-state index in [0.29, 0.717) is 5.56 Å². The molecule has 0 heterocycles. The lowest BCUT2D eigenvalue weighted by Gasteiger charge is -2.26. The number of rotatable bonds is 8. The standard InChI is InChI=1S/C24H25NO3/c1-4-18(2)28-24-15-11-22(12-16-24)25(20-7-5-19(17-26)6-8-20)21-9-13-23(27-3)14-10-21/h5-18H,4H2,1-3H3. The fourth-order valence-corrected chi connectivity index (χ4v) is 2.87. The molecule has 3 rings (SSSR count). The summed E-state index contributed by atoms with van der Waals surface area (Å²) in [6.45, 7) is 4.17. The number of hydrogen-bond acceptors (Lipinski definition) is 4. The van der Waals surface area contributed by atoms with Gasteiger partial charge in [-0.3, -0.25) is 4.79 Å². The molecule has 4 nitrogen and oxygen atoms in total. The monoisotopic (exact) mass is 375 g/mol. The van der Waals surface area contributed by atoms with Gasteiger partial charge in [0.05, 0.1) is 13.2 Å². The van der Waals surface area contributed by atoms with Gasteiger partial charge in [0.15, 0.2) is 0 Å². The maximum Gasteiger partial charge on any atom is 0.150 e. The molecule has 0 aromatic heterocycles. The van der Waals surface area contributed by atoms with Gasteiger partial charge in [0.25, 0.3) is 0 Å². The number of benzene rings is 3. The van der Waals surface area contributed by atoms with E-state index in [9.17, 15) is 4.79 Å². The van der Waals surface area contributed by atoms with E-state index in [2.05, 4.69) is 18.7 Å². The van der Waals surface area contributed by atoms with Crippen LogP contribution in [0.4, 0.5) is 17.1 Å². The van der Waals surface area contributed by atoms with Crippen molar-refractivity contribution in [2.45, 2.75) is 26.4 Å². The molecule has 0 aliphatic heterocycles. The Morgan fingerprint density at radius 1 is 0.821 bits per heavy atom. The fraction of sp³-hybridized carbons (Fsp3) is 0.208. The van der Waals surface area contributed by atoms with E-state index in [4.69, 9.17) is 9.47 Å². The van der Waals surface area contributed by atoms with E-state index in [1.807, 2.05) is 72.8 Å². The zero-order valence-electron chi connectivity index (χ0n) is 16.5. The Kier molecular flexibility index (Phi) is 6.33. The van der Waals surface area contributed by atoms with Crippen molar-refractivity contribution in [1.82, 2.24) is 0 Å². The predicted octanol–water partition coefficient (Wildman–Crippen LogP) is 6.15. The molecule has 3 aromatic carbocycles. The molecule has 4 heteroatoms. The summed E-state index contributed by atoms with van der Waals surface area (Å²) in [7, 11) is 1.65. The number of methoxy groups -OCH3 is 1. The Labute approximate surface area is 166 Å². The smallest absolute Gasteiger partial charge is 0.150 e. The Morgan fingerprint density at radius 3 is 1.71 bits per heavy atom. The van der Waals surface area contributed by atoms with Crippen LogP contribution in [0.3, 0.4) is 0 Å². The first-order chi connectivity index (χ1) is 13.6. The van der Waals surface area contributed by atoms with Crippen LogP contribution in [0.2, 0.25) is 0 Å². The van der Waals surface area contributed by atoms with E-state index >= 15 is 0 Å². The van der Waals surface area contributed by atoms with Crippen LogP contribution < -0.4 is 14.4 Å². The number of anilines is 3. The van der Waals surface area contributed by atoms with Crippen molar-refractivity contribution in [3.63, 3.8) is 0 Å². The van der Waals surface area contributed by atoms with E-state index < -0.39 is 0 Å². The molecule has 0 N–H and O–H groups in total. The summed E-state index contributed by atoms with van der Waals surface area (Å²) >= 11 is 0. The summed E-state index contributed by atoms with van der Waals surface area (Å²) in [4.78, 5) is 13.1. The first-order valence-corrected chi connectivity index (χ1v) is 9.40. The molecule has 0 amide bonds. The van der Waals surface area contributed by atoms with Crippen LogP contribution in [-0.4, -0.2) is 19.5 Å². The van der Waals surface area contributed by atoms with Gasteiger partial charge < -0.3 is 14.4 Å². The van der Waals surface area contributed by atoms with E-state index in [1.165, 1.54) is 0 Å². The van der Waals surface area contributed by atoms with Crippen LogP contribution in [0, 0.1) is 0 Å². The summed E-state index contributed by atoms with van der Waals surface area (Å²) in [6.07, 6.45) is 1.99. The lowest BCUT2D eigenvalue weighted by molar-refractivity contribution is 0.112. The quantitative estimate of drug-likeness (QED) is 0.442. The second-order valence-electron chi connectivity index (χ2n) is 6.57. The number of aldehydes is 1. The second kappa shape index (κ2) is 9.09. The summed E-state index contributed by atoms with van der Waals surface area (Å²) in [5, 5.41) is 0. The highest BCUT2D eigenvalue weighted by Gasteiger charge is 2.13. The highest BCUT2D eigenvalue weighted by Crippen LogP contribution is 2.36. The van der Waals surface area contributed by atoms with Crippen LogP contribution in [-0.2, 0) is 0 Å². The van der Waals surface area contributed by atoms with Gasteiger partial charge in [-0.2, -0.15) is 0 Å². The minimum atomic E-state index is 0.180. The lowest BCUT2D eigenvalue weighted by Crippen LogP contribution is -2.11. The lowest BCUT2D eigenvalue weighted by atomic mass is 10.1. The van der Waals surface area contributed by atoms with Crippen molar-refractivity contribution in [3.05, 3.63) is 78.4 Å². The molecule has 3 aromatic rings. The predicted molar refractivity (Wildman–Crippen MR) is 113 cm³/mol. The molecule has 0 spiro atoms. The van der Waals surface area contributed by atoms with E-state index in [1.54, 1.807) is 7.11 Å². The van der Waals surface area contributed by atoms with E-state index in [-0.39, 0.29) is 6.10 Å². The minimum Gasteiger partial charge on any atom is -0.497 e. The van der Waals surface area contributed by atoms with Crippen molar-refractivity contribution < 1.29 is 14.3 Å². The number of carbonyl (C=O) groups is 1. The van der Waals surface area contributed by atoms with Gasteiger partial charge in [0.2, 0.25) is 0 Å². The maximum absolute atomic E-state index is 11.0. The third kappa shape index (κ3) is 4.52. The van der Waals surface area contributed by atoms with Crippen molar-refractivity contribution in [1.29, 1.82) is 0 Å². The molecule has 144 valence electrons. The SMILES string of the molecule is CCC(C)Oc1ccc(N(c2ccc(C=O)cc2)c2ccc(OC)cc2)cc1. The topological polar surface area (TPSA) is 38.8 Å². The molecular weight excluding hydrogens is 350 g/mol. The second-order valence-corrected chi connectivity index (χ2v) is 6.57. The molecule has 0 aliphatic rings. The molecular formula is C24H25NO3. The van der Waals surface area contributed by atoms with Gasteiger partial charge in [0, 0.05) is 22.6 Å². The molecule has 0 fully saturated rings. The van der Waals surface area contributed by atoms with Gasteiger partial charge in [-0.15, -0.1) is 0 Å². The Balaban J connectivity index is 1.98. The largest absolute Gasteiger partial charge is 0.497 e. The van der Waals surface area contributed by atoms with Crippen LogP contribution in [0.25, 0.3) is 0 Å². The first-order valence-electron chi connectivity index (χ1n) is 9.40. The molecule has 0 saturated carbocycles. The van der Waals surface area contributed by atoms with E-state index in [0.717, 1.165) is 41.3 Å². The fourth-order valence-electron chi connectivity index (χ4n) is 2.87. The third-order valence-electron chi connectivity index (χ3n) is 4.63. The molecule has 1 unspecified atom stereocenters. The zero-order chi connectivity index (χ0) is 19.9. The Hall–Kier alpha value is -3.27. The van der Waals surface area contributed by atoms with Crippen molar-refractivity contribution in [2.75, 3.05) is 12.0 Å². The summed E-state index contributed by atoms with van der Waals surface area (Å²) < 4.78 is 11.2. The maximum atomic E-state index is 11.0. The molecule has 0 saturated heterocycles. The minimum absolute atomic E-state index is 0.180. The highest BCUT2D eigenvalue weighted by atomic mass is 16.5. The normalized spacial score (nSPS) is 11.5. The first kappa shape index (κ1) is 19.5. The number of carbonyl (C=O) groups excluding carboxylic acids is 1. The number of ether oxygens (including phenoxy) is 2. The average Bonchev–Trinajstić information content (AvgIpc) is 2.76. The van der Waals surface area contributed by atoms with Crippen LogP contribution in [0.15, 0.2) is 72.8 Å². The van der Waals surface area contributed by atoms with Crippen LogP contribution >= 0.6 is 0 Å². The van der Waals surface area contributed by atoms with Gasteiger partial charge in [-0.1, -0.05) is 6.92 Å². The Morgan fingerprint density at radius 2 is 1.29 bits per heavy atom. The average molecular weight is 375 g/mol. The molecule has 0 bridgehead atoms. The van der Waals surface area contributed by atoms with Crippen LogP contribution in [0.5, 0.6) is 11.5 Å². The summed E-state index contributed by atoms with van der Waals surface area (Å²) in [5.41, 5.74) is 3.61. The van der Waals surface area contributed by atoms with Crippen molar-refractivity contribution in [3.8, 4) is 11.5 Å². The number of hydrogen-bond donors (Lipinski definition) is 0. The molecule has 1 atom stereocenters. The van der Waals surface area contributed by atoms with Gasteiger partial charge in [0.1, 0.15) is 17.8 Å². The van der Waals surface area contributed by atoms with Crippen molar-refractivity contribution in [2.24, 2.45) is 0 Å². The molecule has 0 radical (unpaired) electrons. The third-order valence-corrected chi connectivity index (χ3v) is 4.63. The van der Waals surface area contributed by atoms with Gasteiger partial charge in [-0.05, 0) is 86.1 Å².